The molecule has 0 fully saturated rings. The van der Waals surface area contributed by atoms with Crippen molar-refractivity contribution in [1.82, 2.24) is 15.0 Å². The Bertz CT molecular complexity index is 498. The largest absolute Gasteiger partial charge is 0.398 e. The van der Waals surface area contributed by atoms with Crippen LogP contribution < -0.4 is 5.73 Å². The van der Waals surface area contributed by atoms with Crippen LogP contribution in [0.5, 0.6) is 0 Å². The van der Waals surface area contributed by atoms with Crippen LogP contribution in [-0.2, 0) is 6.42 Å². The molecule has 0 saturated heterocycles. The second-order valence-electron chi connectivity index (χ2n) is 3.27. The molecule has 0 aliphatic carbocycles. The van der Waals surface area contributed by atoms with Gasteiger partial charge in [0.05, 0.1) is 0 Å². The fourth-order valence-corrected chi connectivity index (χ4v) is 1.30. The summed E-state index contributed by atoms with van der Waals surface area (Å²) in [7, 11) is 0. The molecular weight excluding hydrogens is 204 g/mol. The number of ketones is 1. The van der Waals surface area contributed by atoms with E-state index in [0.717, 1.165) is 0 Å². The van der Waals surface area contributed by atoms with E-state index in [9.17, 15) is 4.79 Å². The van der Waals surface area contributed by atoms with Gasteiger partial charge < -0.3 is 5.73 Å². The van der Waals surface area contributed by atoms with E-state index in [0.29, 0.717) is 16.9 Å². The van der Waals surface area contributed by atoms with Gasteiger partial charge in [0, 0.05) is 36.3 Å². The van der Waals surface area contributed by atoms with Gasteiger partial charge in [-0.15, -0.1) is 0 Å². The standard InChI is InChI=1S/C11H10N4O/c12-9-1-3-13-6-8(9)5-11(16)10-2-4-14-7-15-10/h1-4,6-7H,5H2,(H2,12,13). The number of pyridine rings is 1. The molecule has 0 aromatic carbocycles. The van der Waals surface area contributed by atoms with Gasteiger partial charge in [-0.2, -0.15) is 0 Å². The highest BCUT2D eigenvalue weighted by molar-refractivity contribution is 5.96. The molecule has 0 bridgehead atoms. The van der Waals surface area contributed by atoms with Gasteiger partial charge in [0.15, 0.2) is 5.78 Å². The molecule has 5 nitrogen and oxygen atoms in total. The van der Waals surface area contributed by atoms with Crippen molar-refractivity contribution in [1.29, 1.82) is 0 Å². The number of Topliss-reactive ketones (excluding diaryl/α,β-unsaturated/α-hetero) is 1. The molecule has 16 heavy (non-hydrogen) atoms. The molecule has 0 saturated carbocycles. The molecule has 0 unspecified atom stereocenters. The van der Waals surface area contributed by atoms with E-state index in [1.165, 1.54) is 12.5 Å². The quantitative estimate of drug-likeness (QED) is 0.767. The summed E-state index contributed by atoms with van der Waals surface area (Å²) in [6.07, 6.45) is 6.27. The molecule has 2 heterocycles. The van der Waals surface area contributed by atoms with Crippen molar-refractivity contribution < 1.29 is 4.79 Å². The van der Waals surface area contributed by atoms with Crippen LogP contribution in [0.1, 0.15) is 16.1 Å². The molecule has 0 atom stereocenters. The predicted octanol–water partition coefficient (Wildman–Crippen LogP) is 0.879. The number of aromatic nitrogens is 3. The summed E-state index contributed by atoms with van der Waals surface area (Å²) in [4.78, 5) is 23.4. The van der Waals surface area contributed by atoms with Gasteiger partial charge in [0.2, 0.25) is 0 Å². The summed E-state index contributed by atoms with van der Waals surface area (Å²) in [5, 5.41) is 0. The Kier molecular flexibility index (Phi) is 2.86. The lowest BCUT2D eigenvalue weighted by molar-refractivity contribution is 0.0988. The third kappa shape index (κ3) is 2.20. The topological polar surface area (TPSA) is 81.8 Å². The van der Waals surface area contributed by atoms with Gasteiger partial charge in [-0.05, 0) is 12.1 Å². The van der Waals surface area contributed by atoms with E-state index in [1.54, 1.807) is 24.5 Å². The van der Waals surface area contributed by atoms with Gasteiger partial charge in [-0.25, -0.2) is 9.97 Å². The van der Waals surface area contributed by atoms with Crippen molar-refractivity contribution in [3.05, 3.63) is 48.3 Å². The van der Waals surface area contributed by atoms with Crippen molar-refractivity contribution in [2.24, 2.45) is 0 Å². The minimum absolute atomic E-state index is 0.0953. The number of nitrogens with zero attached hydrogens (tertiary/aromatic N) is 3. The van der Waals surface area contributed by atoms with Crippen LogP contribution in [0.4, 0.5) is 5.69 Å². The molecule has 0 spiro atoms. The number of nitrogen functional groups attached to an aromatic ring is 1. The van der Waals surface area contributed by atoms with Crippen molar-refractivity contribution >= 4 is 11.5 Å². The van der Waals surface area contributed by atoms with Crippen molar-refractivity contribution in [3.63, 3.8) is 0 Å². The van der Waals surface area contributed by atoms with E-state index in [-0.39, 0.29) is 12.2 Å². The van der Waals surface area contributed by atoms with E-state index in [2.05, 4.69) is 15.0 Å². The monoisotopic (exact) mass is 214 g/mol. The predicted molar refractivity (Wildman–Crippen MR) is 58.7 cm³/mol. The summed E-state index contributed by atoms with van der Waals surface area (Å²) < 4.78 is 0. The van der Waals surface area contributed by atoms with Crippen LogP contribution in [0.25, 0.3) is 0 Å². The Morgan fingerprint density at radius 3 is 2.75 bits per heavy atom. The highest BCUT2D eigenvalue weighted by Gasteiger charge is 2.09. The second-order valence-corrected chi connectivity index (χ2v) is 3.27. The molecule has 0 amide bonds. The summed E-state index contributed by atoms with van der Waals surface area (Å²) in [5.74, 6) is -0.0953. The van der Waals surface area contributed by atoms with E-state index < -0.39 is 0 Å². The van der Waals surface area contributed by atoms with Gasteiger partial charge in [-0.3, -0.25) is 9.78 Å². The Labute approximate surface area is 92.4 Å². The number of carbonyl (C=O) groups excluding carboxylic acids is 1. The maximum atomic E-state index is 11.8. The zero-order chi connectivity index (χ0) is 11.4. The molecule has 0 radical (unpaired) electrons. The maximum absolute atomic E-state index is 11.8. The zero-order valence-electron chi connectivity index (χ0n) is 8.50. The molecule has 5 heteroatoms. The lowest BCUT2D eigenvalue weighted by Gasteiger charge is -2.02. The number of nitrogens with two attached hydrogens (primary N) is 1. The number of anilines is 1. The average Bonchev–Trinajstić information content (AvgIpc) is 2.33. The first-order chi connectivity index (χ1) is 7.77. The second kappa shape index (κ2) is 4.48. The minimum atomic E-state index is -0.0953. The molecule has 2 aromatic rings. The van der Waals surface area contributed by atoms with Crippen LogP contribution in [0.3, 0.4) is 0 Å². The molecule has 0 aliphatic rings. The van der Waals surface area contributed by atoms with Gasteiger partial charge >= 0.3 is 0 Å². The number of carbonyl (C=O) groups is 1. The summed E-state index contributed by atoms with van der Waals surface area (Å²) in [5.41, 5.74) is 7.39. The van der Waals surface area contributed by atoms with Gasteiger partial charge in [0.25, 0.3) is 0 Å². The van der Waals surface area contributed by atoms with Crippen molar-refractivity contribution in [2.75, 3.05) is 5.73 Å². The fraction of sp³-hybridized carbons (Fsp3) is 0.0909. The number of hydrogen-bond acceptors (Lipinski definition) is 5. The van der Waals surface area contributed by atoms with Crippen LogP contribution in [-0.4, -0.2) is 20.7 Å². The Balaban J connectivity index is 2.18. The van der Waals surface area contributed by atoms with Crippen LogP contribution >= 0.6 is 0 Å². The smallest absolute Gasteiger partial charge is 0.185 e. The highest BCUT2D eigenvalue weighted by Crippen LogP contribution is 2.11. The summed E-state index contributed by atoms with van der Waals surface area (Å²) >= 11 is 0. The van der Waals surface area contributed by atoms with Crippen molar-refractivity contribution in [2.45, 2.75) is 6.42 Å². The lowest BCUT2D eigenvalue weighted by atomic mass is 10.1. The first kappa shape index (κ1) is 10.2. The van der Waals surface area contributed by atoms with E-state index in [4.69, 9.17) is 5.73 Å². The molecule has 2 aromatic heterocycles. The molecule has 0 aliphatic heterocycles. The normalized spacial score (nSPS) is 10.0. The van der Waals surface area contributed by atoms with Crippen LogP contribution in [0, 0.1) is 0 Å². The summed E-state index contributed by atoms with van der Waals surface area (Å²) in [6.45, 7) is 0. The third-order valence-corrected chi connectivity index (χ3v) is 2.16. The Hall–Kier alpha value is -2.30. The highest BCUT2D eigenvalue weighted by atomic mass is 16.1. The third-order valence-electron chi connectivity index (χ3n) is 2.16. The first-order valence-electron chi connectivity index (χ1n) is 4.75. The summed E-state index contributed by atoms with van der Waals surface area (Å²) in [6, 6.07) is 3.25. The molecular formula is C11H10N4O. The Morgan fingerprint density at radius 2 is 2.06 bits per heavy atom. The molecule has 2 N–H and O–H groups in total. The van der Waals surface area contributed by atoms with Gasteiger partial charge in [0.1, 0.15) is 12.0 Å². The van der Waals surface area contributed by atoms with E-state index in [1.807, 2.05) is 0 Å². The molecule has 2 rings (SSSR count). The number of hydrogen-bond donors (Lipinski definition) is 1. The number of rotatable bonds is 3. The van der Waals surface area contributed by atoms with E-state index >= 15 is 0 Å². The average molecular weight is 214 g/mol. The SMILES string of the molecule is Nc1ccncc1CC(=O)c1ccncn1. The Morgan fingerprint density at radius 1 is 1.25 bits per heavy atom. The maximum Gasteiger partial charge on any atom is 0.185 e. The van der Waals surface area contributed by atoms with Crippen LogP contribution in [0.15, 0.2) is 37.1 Å². The minimum Gasteiger partial charge on any atom is -0.398 e. The van der Waals surface area contributed by atoms with Gasteiger partial charge in [-0.1, -0.05) is 0 Å². The molecule has 80 valence electrons. The zero-order valence-corrected chi connectivity index (χ0v) is 8.50. The van der Waals surface area contributed by atoms with Crippen molar-refractivity contribution in [3.8, 4) is 0 Å². The lowest BCUT2D eigenvalue weighted by Crippen LogP contribution is -2.08. The van der Waals surface area contributed by atoms with Crippen LogP contribution in [0.2, 0.25) is 0 Å². The fourth-order valence-electron chi connectivity index (χ4n) is 1.30. The first-order valence-corrected chi connectivity index (χ1v) is 4.75.